The Morgan fingerprint density at radius 3 is 2.96 bits per heavy atom. The zero-order chi connectivity index (χ0) is 18.4. The lowest BCUT2D eigenvalue weighted by Gasteiger charge is -2.17. The van der Waals surface area contributed by atoms with Gasteiger partial charge in [0.2, 0.25) is 0 Å². The Balaban J connectivity index is 1.67. The number of nitrogens with zero attached hydrogens (tertiary/aromatic N) is 6. The molecule has 0 N–H and O–H groups in total. The van der Waals surface area contributed by atoms with Crippen LogP contribution < -0.4 is 0 Å². The Kier molecular flexibility index (Phi) is 3.54. The highest BCUT2D eigenvalue weighted by atomic mass is 15.2. The average molecular weight is 354 g/mol. The Hall–Kier alpha value is -3.46. The molecule has 5 rings (SSSR count). The first-order valence-corrected chi connectivity index (χ1v) is 9.08. The molecule has 6 heteroatoms. The number of aromatic nitrogens is 5. The number of nitriles is 1. The number of fused-ring (bicyclic) bond motifs is 2. The molecular formula is C21H18N6. The Bertz CT molecular complexity index is 1240. The molecule has 6 nitrogen and oxygen atoms in total. The zero-order valence-electron chi connectivity index (χ0n) is 15.0. The van der Waals surface area contributed by atoms with Crippen molar-refractivity contribution in [1.29, 1.82) is 5.26 Å². The molecule has 0 saturated carbocycles. The van der Waals surface area contributed by atoms with Crippen LogP contribution >= 0.6 is 0 Å². The second-order valence-electron chi connectivity index (χ2n) is 7.00. The molecule has 0 bridgehead atoms. The maximum atomic E-state index is 9.15. The third-order valence-corrected chi connectivity index (χ3v) is 5.39. The van der Waals surface area contributed by atoms with Gasteiger partial charge in [0.05, 0.1) is 41.1 Å². The van der Waals surface area contributed by atoms with Crippen LogP contribution in [0, 0.1) is 17.2 Å². The van der Waals surface area contributed by atoms with E-state index in [1.54, 1.807) is 6.20 Å². The van der Waals surface area contributed by atoms with E-state index in [9.17, 15) is 0 Å². The minimum Gasteiger partial charge on any atom is -0.268 e. The fourth-order valence-electron chi connectivity index (χ4n) is 3.89. The van der Waals surface area contributed by atoms with Gasteiger partial charge >= 0.3 is 0 Å². The number of allylic oxidation sites excluding steroid dienone is 2. The number of benzene rings is 1. The summed E-state index contributed by atoms with van der Waals surface area (Å²) >= 11 is 0. The summed E-state index contributed by atoms with van der Waals surface area (Å²) in [5.41, 5.74) is 6.45. The lowest BCUT2D eigenvalue weighted by Crippen LogP contribution is -2.05. The molecule has 27 heavy (non-hydrogen) atoms. The van der Waals surface area contributed by atoms with Gasteiger partial charge in [0, 0.05) is 30.4 Å². The quantitative estimate of drug-likeness (QED) is 0.546. The van der Waals surface area contributed by atoms with Crippen molar-refractivity contribution in [3.63, 3.8) is 0 Å². The minimum absolute atomic E-state index is 0.117. The van der Waals surface area contributed by atoms with Gasteiger partial charge in [-0.25, -0.2) is 4.52 Å². The van der Waals surface area contributed by atoms with Crippen LogP contribution in [0.1, 0.15) is 25.0 Å². The lowest BCUT2D eigenvalue weighted by atomic mass is 9.88. The van der Waals surface area contributed by atoms with Crippen LogP contribution in [0.25, 0.3) is 33.1 Å². The van der Waals surface area contributed by atoms with Crippen molar-refractivity contribution in [2.75, 3.05) is 0 Å². The normalized spacial score (nSPS) is 17.2. The van der Waals surface area contributed by atoms with Crippen LogP contribution in [-0.2, 0) is 7.05 Å². The average Bonchev–Trinajstić information content (AvgIpc) is 3.31. The topological polar surface area (TPSA) is 71.8 Å². The molecule has 1 unspecified atom stereocenters. The summed E-state index contributed by atoms with van der Waals surface area (Å²) in [6, 6.07) is 8.73. The highest BCUT2D eigenvalue weighted by molar-refractivity contribution is 5.92. The Morgan fingerprint density at radius 2 is 2.15 bits per heavy atom. The molecule has 0 amide bonds. The summed E-state index contributed by atoms with van der Waals surface area (Å²) < 4.78 is 3.77. The summed E-state index contributed by atoms with van der Waals surface area (Å²) in [5, 5.41) is 19.1. The first-order chi connectivity index (χ1) is 13.2. The van der Waals surface area contributed by atoms with E-state index in [2.05, 4.69) is 45.5 Å². The third kappa shape index (κ3) is 2.51. The first-order valence-electron chi connectivity index (χ1n) is 9.08. The second kappa shape index (κ2) is 6.06. The molecular weight excluding hydrogens is 336 g/mol. The minimum atomic E-state index is 0.117. The highest BCUT2D eigenvalue weighted by Crippen LogP contribution is 2.35. The Morgan fingerprint density at radius 1 is 1.22 bits per heavy atom. The second-order valence-corrected chi connectivity index (χ2v) is 7.00. The molecule has 0 aliphatic heterocycles. The summed E-state index contributed by atoms with van der Waals surface area (Å²) in [4.78, 5) is 4.68. The molecule has 132 valence electrons. The number of hydrogen-bond acceptors (Lipinski definition) is 4. The molecule has 1 aliphatic carbocycles. The molecule has 1 atom stereocenters. The van der Waals surface area contributed by atoms with E-state index in [-0.39, 0.29) is 5.92 Å². The molecule has 0 spiro atoms. The molecule has 0 saturated heterocycles. The zero-order valence-corrected chi connectivity index (χ0v) is 15.0. The van der Waals surface area contributed by atoms with Gasteiger partial charge in [0.25, 0.3) is 0 Å². The van der Waals surface area contributed by atoms with Gasteiger partial charge in [-0.3, -0.25) is 9.67 Å². The maximum absolute atomic E-state index is 9.15. The third-order valence-electron chi connectivity index (χ3n) is 5.39. The summed E-state index contributed by atoms with van der Waals surface area (Å²) in [7, 11) is 1.95. The molecule has 1 aliphatic rings. The molecule has 1 aromatic carbocycles. The van der Waals surface area contributed by atoms with E-state index in [1.807, 2.05) is 34.8 Å². The van der Waals surface area contributed by atoms with Crippen molar-refractivity contribution in [2.45, 2.75) is 19.3 Å². The molecule has 3 aromatic heterocycles. The maximum Gasteiger partial charge on any atom is 0.0999 e. The van der Waals surface area contributed by atoms with Crippen molar-refractivity contribution < 1.29 is 0 Å². The number of rotatable bonds is 2. The molecule has 0 fully saturated rings. The largest absolute Gasteiger partial charge is 0.268 e. The smallest absolute Gasteiger partial charge is 0.0999 e. The van der Waals surface area contributed by atoms with Crippen molar-refractivity contribution in [3.8, 4) is 17.2 Å². The van der Waals surface area contributed by atoms with Crippen LogP contribution in [0.15, 0.2) is 49.1 Å². The summed E-state index contributed by atoms with van der Waals surface area (Å²) in [5.74, 6) is 0.117. The van der Waals surface area contributed by atoms with Crippen LogP contribution in [-0.4, -0.2) is 24.4 Å². The van der Waals surface area contributed by atoms with E-state index in [4.69, 9.17) is 5.26 Å². The van der Waals surface area contributed by atoms with Gasteiger partial charge in [0.1, 0.15) is 0 Å². The molecule has 0 radical (unpaired) electrons. The van der Waals surface area contributed by atoms with Gasteiger partial charge in [-0.2, -0.15) is 15.5 Å². The molecule has 3 heterocycles. The van der Waals surface area contributed by atoms with Crippen LogP contribution in [0.5, 0.6) is 0 Å². The predicted octanol–water partition coefficient (Wildman–Crippen LogP) is 3.99. The van der Waals surface area contributed by atoms with E-state index < -0.39 is 0 Å². The van der Waals surface area contributed by atoms with Gasteiger partial charge in [0.15, 0.2) is 0 Å². The van der Waals surface area contributed by atoms with Gasteiger partial charge in [-0.15, -0.1) is 0 Å². The fourth-order valence-corrected chi connectivity index (χ4v) is 3.89. The van der Waals surface area contributed by atoms with Gasteiger partial charge in [-0.05, 0) is 42.5 Å². The molecule has 4 aromatic rings. The van der Waals surface area contributed by atoms with E-state index >= 15 is 0 Å². The first kappa shape index (κ1) is 15.8. The highest BCUT2D eigenvalue weighted by Gasteiger charge is 2.20. The summed E-state index contributed by atoms with van der Waals surface area (Å²) in [6.07, 6.45) is 12.2. The van der Waals surface area contributed by atoms with E-state index in [0.29, 0.717) is 0 Å². The van der Waals surface area contributed by atoms with Crippen molar-refractivity contribution in [3.05, 3.63) is 54.8 Å². The predicted molar refractivity (Wildman–Crippen MR) is 104 cm³/mol. The fraction of sp³-hybridized carbons (Fsp3) is 0.238. The van der Waals surface area contributed by atoms with E-state index in [1.165, 1.54) is 5.57 Å². The SMILES string of the molecule is Cn1ncc2cc(-c3cnn4ccnc(C5=CCC(C#N)CC5)c34)ccc21. The van der Waals surface area contributed by atoms with Crippen molar-refractivity contribution >= 4 is 22.0 Å². The van der Waals surface area contributed by atoms with E-state index in [0.717, 1.165) is 52.5 Å². The monoisotopic (exact) mass is 354 g/mol. The van der Waals surface area contributed by atoms with Crippen LogP contribution in [0.2, 0.25) is 0 Å². The lowest BCUT2D eigenvalue weighted by molar-refractivity contribution is 0.603. The van der Waals surface area contributed by atoms with Gasteiger partial charge in [-0.1, -0.05) is 12.1 Å². The number of aryl methyl sites for hydroxylation is 1. The number of hydrogen-bond donors (Lipinski definition) is 0. The van der Waals surface area contributed by atoms with Crippen molar-refractivity contribution in [1.82, 2.24) is 24.4 Å². The Labute approximate surface area is 156 Å². The summed E-state index contributed by atoms with van der Waals surface area (Å²) in [6.45, 7) is 0. The van der Waals surface area contributed by atoms with Crippen LogP contribution in [0.3, 0.4) is 0 Å². The standard InChI is InChI=1S/C21H18N6/c1-26-19-7-6-16(10-17(19)12-24-26)18-13-25-27-9-8-23-20(21(18)27)15-4-2-14(11-22)3-5-15/h4,6-10,12-14H,2-3,5H2,1H3. The van der Waals surface area contributed by atoms with Gasteiger partial charge < -0.3 is 0 Å². The van der Waals surface area contributed by atoms with Crippen molar-refractivity contribution in [2.24, 2.45) is 13.0 Å². The van der Waals surface area contributed by atoms with Crippen LogP contribution in [0.4, 0.5) is 0 Å².